The SMILES string of the molecule is CC(C)(C)[Si](C)(C)OCCNc1ccc(NC(=O)c2nccnc2C(=O)Nc2ccc(C#N)cn2)cc1. The van der Waals surface area contributed by atoms with E-state index in [1.54, 1.807) is 12.1 Å². The Kier molecular flexibility index (Phi) is 8.70. The van der Waals surface area contributed by atoms with Crippen molar-refractivity contribution >= 4 is 37.3 Å². The fourth-order valence-electron chi connectivity index (χ4n) is 2.96. The highest BCUT2D eigenvalue weighted by molar-refractivity contribution is 6.74. The molecule has 0 fully saturated rings. The van der Waals surface area contributed by atoms with E-state index in [0.29, 0.717) is 24.4 Å². The molecule has 0 bridgehead atoms. The summed E-state index contributed by atoms with van der Waals surface area (Å²) in [6, 6.07) is 12.2. The first-order valence-electron chi connectivity index (χ1n) is 11.8. The molecular formula is C26H31N7O3Si. The van der Waals surface area contributed by atoms with Crippen molar-refractivity contribution in [3.8, 4) is 6.07 Å². The van der Waals surface area contributed by atoms with Gasteiger partial charge in [0, 0.05) is 36.5 Å². The van der Waals surface area contributed by atoms with E-state index >= 15 is 0 Å². The van der Waals surface area contributed by atoms with Crippen LogP contribution in [0.15, 0.2) is 55.0 Å². The van der Waals surface area contributed by atoms with Gasteiger partial charge in [-0.05, 0) is 54.5 Å². The summed E-state index contributed by atoms with van der Waals surface area (Å²) in [6.45, 7) is 12.4. The second-order valence-electron chi connectivity index (χ2n) is 9.82. The van der Waals surface area contributed by atoms with Gasteiger partial charge in [0.25, 0.3) is 11.8 Å². The van der Waals surface area contributed by atoms with E-state index in [9.17, 15) is 9.59 Å². The Morgan fingerprint density at radius 1 is 0.919 bits per heavy atom. The highest BCUT2D eigenvalue weighted by atomic mass is 28.4. The van der Waals surface area contributed by atoms with Gasteiger partial charge >= 0.3 is 0 Å². The van der Waals surface area contributed by atoms with Crippen LogP contribution in [-0.2, 0) is 4.43 Å². The molecule has 192 valence electrons. The van der Waals surface area contributed by atoms with Crippen molar-refractivity contribution < 1.29 is 14.0 Å². The maximum absolute atomic E-state index is 12.9. The second-order valence-corrected chi connectivity index (χ2v) is 14.6. The van der Waals surface area contributed by atoms with Crippen molar-refractivity contribution in [1.82, 2.24) is 15.0 Å². The minimum Gasteiger partial charge on any atom is -0.415 e. The lowest BCUT2D eigenvalue weighted by Crippen LogP contribution is -2.41. The predicted octanol–water partition coefficient (Wildman–Crippen LogP) is 4.68. The molecule has 0 aliphatic rings. The molecule has 0 aliphatic heterocycles. The topological polar surface area (TPSA) is 142 Å². The van der Waals surface area contributed by atoms with Crippen molar-refractivity contribution in [2.75, 3.05) is 29.1 Å². The summed E-state index contributed by atoms with van der Waals surface area (Å²) in [5, 5.41) is 17.7. The lowest BCUT2D eigenvalue weighted by Gasteiger charge is -2.36. The number of hydrogen-bond donors (Lipinski definition) is 3. The van der Waals surface area contributed by atoms with E-state index in [-0.39, 0.29) is 22.2 Å². The first-order chi connectivity index (χ1) is 17.5. The normalized spacial score (nSPS) is 11.4. The third kappa shape index (κ3) is 7.42. The quantitative estimate of drug-likeness (QED) is 0.274. The van der Waals surface area contributed by atoms with Gasteiger partial charge in [0.2, 0.25) is 0 Å². The number of amides is 2. The van der Waals surface area contributed by atoms with Gasteiger partial charge in [0.15, 0.2) is 19.7 Å². The number of benzene rings is 1. The van der Waals surface area contributed by atoms with E-state index in [1.165, 1.54) is 30.7 Å². The standard InChI is InChI=1S/C26H31N7O3Si/c1-26(2,3)37(4,5)36-15-14-28-19-7-9-20(10-8-19)32-24(34)22-23(30-13-12-29-22)25(35)33-21-11-6-18(16-27)17-31-21/h6-13,17,28H,14-15H2,1-5H3,(H,32,34)(H,31,33,35). The van der Waals surface area contributed by atoms with Gasteiger partial charge in [0.05, 0.1) is 12.2 Å². The summed E-state index contributed by atoms with van der Waals surface area (Å²) in [5.41, 5.74) is 1.52. The molecular weight excluding hydrogens is 486 g/mol. The molecule has 0 saturated carbocycles. The minimum absolute atomic E-state index is 0.126. The molecule has 0 saturated heterocycles. The van der Waals surface area contributed by atoms with Crippen molar-refractivity contribution in [2.45, 2.75) is 38.9 Å². The highest BCUT2D eigenvalue weighted by Gasteiger charge is 2.36. The van der Waals surface area contributed by atoms with Crippen molar-refractivity contribution in [1.29, 1.82) is 5.26 Å². The average Bonchev–Trinajstić information content (AvgIpc) is 2.87. The number of nitrogens with zero attached hydrogens (tertiary/aromatic N) is 4. The first kappa shape index (κ1) is 27.4. The zero-order valence-electron chi connectivity index (χ0n) is 21.6. The van der Waals surface area contributed by atoms with E-state index in [2.05, 4.69) is 64.8 Å². The second kappa shape index (κ2) is 11.7. The van der Waals surface area contributed by atoms with Crippen LogP contribution in [0, 0.1) is 11.3 Å². The first-order valence-corrected chi connectivity index (χ1v) is 14.7. The summed E-state index contributed by atoms with van der Waals surface area (Å²) >= 11 is 0. The Morgan fingerprint density at radius 2 is 1.51 bits per heavy atom. The molecule has 10 nitrogen and oxygen atoms in total. The van der Waals surface area contributed by atoms with Crippen molar-refractivity contribution in [2.24, 2.45) is 0 Å². The van der Waals surface area contributed by atoms with Crippen LogP contribution in [-0.4, -0.2) is 48.2 Å². The third-order valence-electron chi connectivity index (χ3n) is 6.11. The molecule has 3 aromatic rings. The minimum atomic E-state index is -1.78. The lowest BCUT2D eigenvalue weighted by atomic mass is 10.2. The largest absolute Gasteiger partial charge is 0.415 e. The number of rotatable bonds is 9. The fourth-order valence-corrected chi connectivity index (χ4v) is 4.00. The van der Waals surface area contributed by atoms with E-state index in [0.717, 1.165) is 5.69 Å². The van der Waals surface area contributed by atoms with Gasteiger partial charge in [-0.25, -0.2) is 15.0 Å². The van der Waals surface area contributed by atoms with Crippen LogP contribution in [0.4, 0.5) is 17.2 Å². The van der Waals surface area contributed by atoms with Crippen LogP contribution < -0.4 is 16.0 Å². The number of pyridine rings is 1. The molecule has 3 rings (SSSR count). The van der Waals surface area contributed by atoms with E-state index in [1.807, 2.05) is 18.2 Å². The van der Waals surface area contributed by atoms with Crippen LogP contribution in [0.25, 0.3) is 0 Å². The third-order valence-corrected chi connectivity index (χ3v) is 10.6. The summed E-state index contributed by atoms with van der Waals surface area (Å²) < 4.78 is 6.18. The summed E-state index contributed by atoms with van der Waals surface area (Å²) in [6.07, 6.45) is 4.00. The maximum atomic E-state index is 12.9. The molecule has 3 N–H and O–H groups in total. The number of carbonyl (C=O) groups is 2. The highest BCUT2D eigenvalue weighted by Crippen LogP contribution is 2.36. The number of anilines is 3. The van der Waals surface area contributed by atoms with Crippen LogP contribution in [0.2, 0.25) is 18.1 Å². The van der Waals surface area contributed by atoms with Crippen LogP contribution in [0.1, 0.15) is 47.3 Å². The lowest BCUT2D eigenvalue weighted by molar-refractivity contribution is 0.0982. The fraction of sp³-hybridized carbons (Fsp3) is 0.308. The van der Waals surface area contributed by atoms with Gasteiger partial charge in [-0.15, -0.1) is 0 Å². The predicted molar refractivity (Wildman–Crippen MR) is 145 cm³/mol. The number of aromatic nitrogens is 3. The zero-order valence-corrected chi connectivity index (χ0v) is 22.6. The number of carbonyl (C=O) groups excluding carboxylic acids is 2. The molecule has 0 aliphatic carbocycles. The van der Waals surface area contributed by atoms with Crippen LogP contribution >= 0.6 is 0 Å². The Bertz CT molecular complexity index is 1280. The Labute approximate surface area is 217 Å². The molecule has 2 heterocycles. The summed E-state index contributed by atoms with van der Waals surface area (Å²) in [7, 11) is -1.78. The molecule has 0 atom stereocenters. The monoisotopic (exact) mass is 517 g/mol. The molecule has 2 aromatic heterocycles. The molecule has 0 spiro atoms. The molecule has 1 aromatic carbocycles. The number of nitrogens with one attached hydrogen (secondary N) is 3. The average molecular weight is 518 g/mol. The van der Waals surface area contributed by atoms with Gasteiger partial charge in [-0.2, -0.15) is 5.26 Å². The van der Waals surface area contributed by atoms with Gasteiger partial charge in [0.1, 0.15) is 11.9 Å². The summed E-state index contributed by atoms with van der Waals surface area (Å²) in [5.74, 6) is -0.997. The molecule has 0 radical (unpaired) electrons. The Balaban J connectivity index is 1.58. The molecule has 37 heavy (non-hydrogen) atoms. The Morgan fingerprint density at radius 3 is 2.05 bits per heavy atom. The van der Waals surface area contributed by atoms with E-state index < -0.39 is 20.1 Å². The summed E-state index contributed by atoms with van der Waals surface area (Å²) in [4.78, 5) is 37.7. The van der Waals surface area contributed by atoms with Crippen LogP contribution in [0.3, 0.4) is 0 Å². The molecule has 0 unspecified atom stereocenters. The Hall–Kier alpha value is -4.14. The van der Waals surface area contributed by atoms with E-state index in [4.69, 9.17) is 9.69 Å². The van der Waals surface area contributed by atoms with Gasteiger partial charge in [-0.1, -0.05) is 20.8 Å². The molecule has 11 heteroatoms. The van der Waals surface area contributed by atoms with Gasteiger partial charge < -0.3 is 20.4 Å². The van der Waals surface area contributed by atoms with Crippen molar-refractivity contribution in [3.63, 3.8) is 0 Å². The smallest absolute Gasteiger partial charge is 0.277 e. The van der Waals surface area contributed by atoms with Gasteiger partial charge in [-0.3, -0.25) is 9.59 Å². The maximum Gasteiger partial charge on any atom is 0.277 e. The van der Waals surface area contributed by atoms with Crippen molar-refractivity contribution in [3.05, 3.63) is 71.9 Å². The number of nitriles is 1. The van der Waals surface area contributed by atoms with Crippen LogP contribution in [0.5, 0.6) is 0 Å². The zero-order chi connectivity index (χ0) is 27.1. The number of hydrogen-bond acceptors (Lipinski definition) is 8. The molecule has 2 amide bonds.